The summed E-state index contributed by atoms with van der Waals surface area (Å²) in [4.78, 5) is 4.34. The van der Waals surface area contributed by atoms with Crippen molar-refractivity contribution in [2.45, 2.75) is 31.1 Å². The molecule has 0 radical (unpaired) electrons. The summed E-state index contributed by atoms with van der Waals surface area (Å²) in [5.74, 6) is 0.0805. The highest BCUT2D eigenvalue weighted by Crippen LogP contribution is 2.23. The molecule has 96 valence electrons. The Balaban J connectivity index is 3.13. The van der Waals surface area contributed by atoms with Gasteiger partial charge in [-0.3, -0.25) is 4.98 Å². The summed E-state index contributed by atoms with van der Waals surface area (Å²) in [6, 6.07) is 3.13. The Morgan fingerprint density at radius 1 is 1.53 bits per heavy atom. The van der Waals surface area contributed by atoms with Crippen LogP contribution in [0, 0.1) is 0 Å². The van der Waals surface area contributed by atoms with Crippen molar-refractivity contribution in [3.05, 3.63) is 24.0 Å². The lowest BCUT2D eigenvalue weighted by Crippen LogP contribution is -2.28. The van der Waals surface area contributed by atoms with E-state index in [4.69, 9.17) is 5.11 Å². The van der Waals surface area contributed by atoms with Crippen LogP contribution in [0.2, 0.25) is 0 Å². The molecule has 0 aromatic carbocycles. The van der Waals surface area contributed by atoms with Gasteiger partial charge in [0, 0.05) is 12.7 Å². The maximum atomic E-state index is 12.0. The Morgan fingerprint density at radius 3 is 2.82 bits per heavy atom. The van der Waals surface area contributed by atoms with Gasteiger partial charge >= 0.3 is 0 Å². The van der Waals surface area contributed by atoms with E-state index in [-0.39, 0.29) is 24.0 Å². The molecule has 1 rings (SSSR count). The van der Waals surface area contributed by atoms with Crippen LogP contribution in [0.4, 0.5) is 0 Å². The standard InChI is InChI=1S/C11H18N2O3S/c1-3-9(2)11-10(5-4-6-12-11)17(15,16)13-7-8-14/h4-6,9,13-14H,3,7-8H2,1-2H3. The monoisotopic (exact) mass is 258 g/mol. The van der Waals surface area contributed by atoms with Crippen LogP contribution in [0.1, 0.15) is 31.9 Å². The van der Waals surface area contributed by atoms with Gasteiger partial charge in [-0.15, -0.1) is 0 Å². The first-order valence-electron chi connectivity index (χ1n) is 5.58. The van der Waals surface area contributed by atoms with Crippen molar-refractivity contribution in [2.75, 3.05) is 13.2 Å². The fraction of sp³-hybridized carbons (Fsp3) is 0.545. The van der Waals surface area contributed by atoms with Crippen LogP contribution in [0.5, 0.6) is 0 Å². The van der Waals surface area contributed by atoms with Gasteiger partial charge in [-0.1, -0.05) is 13.8 Å². The van der Waals surface area contributed by atoms with Gasteiger partial charge in [0.1, 0.15) is 4.90 Å². The lowest BCUT2D eigenvalue weighted by Gasteiger charge is -2.13. The number of aliphatic hydroxyl groups excluding tert-OH is 1. The summed E-state index contributed by atoms with van der Waals surface area (Å²) < 4.78 is 26.3. The number of pyridine rings is 1. The average Bonchev–Trinajstić information content (AvgIpc) is 2.35. The van der Waals surface area contributed by atoms with Gasteiger partial charge in [-0.25, -0.2) is 13.1 Å². The summed E-state index contributed by atoms with van der Waals surface area (Å²) in [7, 11) is -3.58. The third-order valence-electron chi connectivity index (χ3n) is 2.57. The van der Waals surface area contributed by atoms with Gasteiger partial charge in [-0.05, 0) is 24.5 Å². The highest BCUT2D eigenvalue weighted by Gasteiger charge is 2.21. The minimum atomic E-state index is -3.58. The third-order valence-corrected chi connectivity index (χ3v) is 4.08. The molecule has 1 atom stereocenters. The maximum absolute atomic E-state index is 12.0. The SMILES string of the molecule is CCC(C)c1ncccc1S(=O)(=O)NCCO. The van der Waals surface area contributed by atoms with E-state index < -0.39 is 10.0 Å². The highest BCUT2D eigenvalue weighted by atomic mass is 32.2. The molecule has 1 unspecified atom stereocenters. The number of rotatable bonds is 6. The average molecular weight is 258 g/mol. The molecule has 0 saturated heterocycles. The normalized spacial score (nSPS) is 13.6. The number of nitrogens with one attached hydrogen (secondary N) is 1. The van der Waals surface area contributed by atoms with Crippen LogP contribution in [0.3, 0.4) is 0 Å². The van der Waals surface area contributed by atoms with Crippen LogP contribution >= 0.6 is 0 Å². The van der Waals surface area contributed by atoms with E-state index in [1.165, 1.54) is 6.07 Å². The number of aliphatic hydroxyl groups is 1. The third kappa shape index (κ3) is 3.49. The van der Waals surface area contributed by atoms with Gasteiger partial charge in [0.2, 0.25) is 10.0 Å². The van der Waals surface area contributed by atoms with Crippen LogP contribution in [-0.4, -0.2) is 31.7 Å². The number of hydrogen-bond acceptors (Lipinski definition) is 4. The van der Waals surface area contributed by atoms with Gasteiger partial charge in [0.25, 0.3) is 0 Å². The van der Waals surface area contributed by atoms with Crippen LogP contribution in [0.25, 0.3) is 0 Å². The molecule has 0 bridgehead atoms. The number of sulfonamides is 1. The summed E-state index contributed by atoms with van der Waals surface area (Å²) in [6.45, 7) is 3.71. The first-order valence-corrected chi connectivity index (χ1v) is 7.06. The fourth-order valence-corrected chi connectivity index (χ4v) is 2.75. The molecule has 5 nitrogen and oxygen atoms in total. The highest BCUT2D eigenvalue weighted by molar-refractivity contribution is 7.89. The molecular weight excluding hydrogens is 240 g/mol. The Hall–Kier alpha value is -0.980. The Morgan fingerprint density at radius 2 is 2.24 bits per heavy atom. The second kappa shape index (κ2) is 6.09. The summed E-state index contributed by atoms with van der Waals surface area (Å²) in [6.07, 6.45) is 2.41. The van der Waals surface area contributed by atoms with Gasteiger partial charge < -0.3 is 5.11 Å². The summed E-state index contributed by atoms with van der Waals surface area (Å²) >= 11 is 0. The van der Waals surface area contributed by atoms with Crippen molar-refractivity contribution < 1.29 is 13.5 Å². The molecular formula is C11H18N2O3S. The van der Waals surface area contributed by atoms with Crippen molar-refractivity contribution in [1.82, 2.24) is 9.71 Å². The second-order valence-corrected chi connectivity index (χ2v) is 5.55. The predicted molar refractivity (Wildman–Crippen MR) is 65.2 cm³/mol. The lowest BCUT2D eigenvalue weighted by atomic mass is 10.0. The summed E-state index contributed by atoms with van der Waals surface area (Å²) in [5.41, 5.74) is 0.570. The van der Waals surface area contributed by atoms with Crippen LogP contribution < -0.4 is 4.72 Å². The second-order valence-electron chi connectivity index (χ2n) is 3.82. The zero-order valence-corrected chi connectivity index (χ0v) is 10.9. The molecule has 2 N–H and O–H groups in total. The van der Waals surface area contributed by atoms with E-state index >= 15 is 0 Å². The Labute approximate surface area is 102 Å². The molecule has 0 saturated carbocycles. The Bertz CT molecular complexity index is 460. The van der Waals surface area contributed by atoms with Crippen molar-refractivity contribution in [3.8, 4) is 0 Å². The quantitative estimate of drug-likeness (QED) is 0.793. The number of aromatic nitrogens is 1. The molecule has 0 aliphatic rings. The minimum absolute atomic E-state index is 0.0111. The van der Waals surface area contributed by atoms with E-state index in [2.05, 4.69) is 9.71 Å². The summed E-state index contributed by atoms with van der Waals surface area (Å²) in [5, 5.41) is 8.66. The molecule has 0 spiro atoms. The van der Waals surface area contributed by atoms with E-state index in [0.29, 0.717) is 5.69 Å². The first-order chi connectivity index (χ1) is 8.03. The topological polar surface area (TPSA) is 79.3 Å². The van der Waals surface area contributed by atoms with E-state index in [1.807, 2.05) is 13.8 Å². The van der Waals surface area contributed by atoms with Crippen molar-refractivity contribution >= 4 is 10.0 Å². The molecule has 17 heavy (non-hydrogen) atoms. The van der Waals surface area contributed by atoms with Gasteiger partial charge in [-0.2, -0.15) is 0 Å². The molecule has 6 heteroatoms. The van der Waals surface area contributed by atoms with Crippen molar-refractivity contribution in [1.29, 1.82) is 0 Å². The van der Waals surface area contributed by atoms with Crippen LogP contribution in [0.15, 0.2) is 23.2 Å². The van der Waals surface area contributed by atoms with Crippen molar-refractivity contribution in [3.63, 3.8) is 0 Å². The number of nitrogens with zero attached hydrogens (tertiary/aromatic N) is 1. The largest absolute Gasteiger partial charge is 0.395 e. The lowest BCUT2D eigenvalue weighted by molar-refractivity contribution is 0.301. The molecule has 1 heterocycles. The fourth-order valence-electron chi connectivity index (χ4n) is 1.45. The molecule has 1 aromatic heterocycles. The van der Waals surface area contributed by atoms with Crippen molar-refractivity contribution in [2.24, 2.45) is 0 Å². The molecule has 0 aliphatic carbocycles. The predicted octanol–water partition coefficient (Wildman–Crippen LogP) is 0.866. The molecule has 0 aliphatic heterocycles. The first kappa shape index (κ1) is 14.1. The maximum Gasteiger partial charge on any atom is 0.242 e. The van der Waals surface area contributed by atoms with Gasteiger partial charge in [0.05, 0.1) is 12.3 Å². The Kier molecular flexibility index (Phi) is 5.04. The van der Waals surface area contributed by atoms with E-state index in [9.17, 15) is 8.42 Å². The zero-order valence-electron chi connectivity index (χ0n) is 10.0. The number of hydrogen-bond donors (Lipinski definition) is 2. The van der Waals surface area contributed by atoms with E-state index in [0.717, 1.165) is 6.42 Å². The smallest absolute Gasteiger partial charge is 0.242 e. The molecule has 1 aromatic rings. The minimum Gasteiger partial charge on any atom is -0.395 e. The molecule has 0 fully saturated rings. The molecule has 0 amide bonds. The van der Waals surface area contributed by atoms with Gasteiger partial charge in [0.15, 0.2) is 0 Å². The van der Waals surface area contributed by atoms with Crippen LogP contribution in [-0.2, 0) is 10.0 Å². The zero-order chi connectivity index (χ0) is 12.9. The van der Waals surface area contributed by atoms with E-state index in [1.54, 1.807) is 12.3 Å².